The van der Waals surface area contributed by atoms with Gasteiger partial charge in [-0.15, -0.1) is 72.5 Å². The van der Waals surface area contributed by atoms with Gasteiger partial charge in [0.25, 0.3) is 0 Å². The molecule has 0 unspecified atom stereocenters. The molecule has 8 nitrogen and oxygen atoms in total. The van der Waals surface area contributed by atoms with E-state index in [1.54, 1.807) is 0 Å². The first-order valence-electron chi connectivity index (χ1n) is 15.0. The van der Waals surface area contributed by atoms with Gasteiger partial charge in [0.1, 0.15) is 0 Å². The first kappa shape index (κ1) is 31.8. The van der Waals surface area contributed by atoms with Gasteiger partial charge < -0.3 is 39.2 Å². The fraction of sp³-hybridized carbons (Fsp3) is 0.0526. The largest absolute Gasteiger partial charge is 6.00 e. The topological polar surface area (TPSA) is 25.9 Å². The van der Waals surface area contributed by atoms with Crippen LogP contribution < -0.4 is 29.4 Å². The van der Waals surface area contributed by atoms with Gasteiger partial charge in [-0.05, 0) is 88.0 Å². The van der Waals surface area contributed by atoms with Gasteiger partial charge in [-0.3, -0.25) is 0 Å². The van der Waals surface area contributed by atoms with Crippen LogP contribution in [0, 0.1) is 38.8 Å². The molecule has 47 heavy (non-hydrogen) atoms. The number of para-hydroxylation sites is 2. The standard InChI is InChI=1S/C24H19N4.C14H15N4.Os/c1-3-8-21(9-4-1)25-14-16-27(19-25)23-12-7-13-24(18-23)28-17-15-26(20-28)22-10-5-2-6-11-22;1-15-6-8-17(11-15)13-4-3-5-14(10-13)18-9-7-16(2)12-18;/h1-17,19-20H;3-9,11-12H,1-2H3;/q2*-3;+6. The molecular formula is C38H34N8Os. The normalized spacial score (nSPS) is 16.4. The maximum absolute atomic E-state index is 3.51. The fourth-order valence-electron chi connectivity index (χ4n) is 5.18. The number of hydrogen-bond donors (Lipinski definition) is 0. The molecule has 0 bridgehead atoms. The second kappa shape index (κ2) is 14.5. The van der Waals surface area contributed by atoms with Gasteiger partial charge in [0.05, 0.1) is 0 Å². The minimum Gasteiger partial charge on any atom is -0.510 e. The van der Waals surface area contributed by atoms with Crippen LogP contribution in [0.5, 0.6) is 0 Å². The molecule has 0 atom stereocenters. The van der Waals surface area contributed by atoms with Crippen LogP contribution in [0.2, 0.25) is 0 Å². The molecule has 0 N–H and O–H groups in total. The molecule has 0 saturated heterocycles. The summed E-state index contributed by atoms with van der Waals surface area (Å²) in [6.07, 6.45) is 16.2. The Labute approximate surface area is 291 Å². The Morgan fingerprint density at radius 1 is 0.362 bits per heavy atom. The number of nitrogens with zero attached hydrogens (tertiary/aromatic N) is 8. The molecule has 4 aromatic rings. The Bertz CT molecular complexity index is 1620. The van der Waals surface area contributed by atoms with Gasteiger partial charge in [-0.2, -0.15) is 25.5 Å². The van der Waals surface area contributed by atoms with Crippen molar-refractivity contribution >= 4 is 34.1 Å². The predicted octanol–water partition coefficient (Wildman–Crippen LogP) is 7.49. The Hall–Kier alpha value is -5.12. The fourth-order valence-corrected chi connectivity index (χ4v) is 5.18. The van der Waals surface area contributed by atoms with Gasteiger partial charge in [-0.1, -0.05) is 36.4 Å². The van der Waals surface area contributed by atoms with Crippen LogP contribution in [0.4, 0.5) is 34.1 Å². The molecule has 4 aromatic carbocycles. The van der Waals surface area contributed by atoms with Gasteiger partial charge in [-0.25, -0.2) is 0 Å². The van der Waals surface area contributed by atoms with Crippen molar-refractivity contribution in [1.82, 2.24) is 9.80 Å². The van der Waals surface area contributed by atoms with Crippen LogP contribution in [0.3, 0.4) is 0 Å². The second-order valence-corrected chi connectivity index (χ2v) is 10.9. The molecule has 0 aliphatic carbocycles. The zero-order valence-electron chi connectivity index (χ0n) is 26.1. The van der Waals surface area contributed by atoms with Crippen LogP contribution in [0.25, 0.3) is 0 Å². The smallest absolute Gasteiger partial charge is 0.510 e. The summed E-state index contributed by atoms with van der Waals surface area (Å²) >= 11 is 0. The zero-order chi connectivity index (χ0) is 31.3. The molecule has 234 valence electrons. The average molecular weight is 793 g/mol. The summed E-state index contributed by atoms with van der Waals surface area (Å²) in [5.74, 6) is 0. The van der Waals surface area contributed by atoms with Crippen molar-refractivity contribution in [2.75, 3.05) is 43.5 Å². The summed E-state index contributed by atoms with van der Waals surface area (Å²) in [7, 11) is 4.01. The summed E-state index contributed by atoms with van der Waals surface area (Å²) in [5.41, 5.74) is 6.31. The molecule has 4 aliphatic heterocycles. The minimum absolute atomic E-state index is 0. The van der Waals surface area contributed by atoms with Gasteiger partial charge in [0, 0.05) is 11.4 Å². The van der Waals surface area contributed by atoms with E-state index in [1.165, 1.54) is 0 Å². The van der Waals surface area contributed by atoms with E-state index in [1.807, 2.05) is 139 Å². The van der Waals surface area contributed by atoms with Gasteiger partial charge in [0.2, 0.25) is 0 Å². The van der Waals surface area contributed by atoms with Crippen LogP contribution >= 0.6 is 0 Å². The Morgan fingerprint density at radius 3 is 1.02 bits per heavy atom. The van der Waals surface area contributed by atoms with Crippen molar-refractivity contribution in [3.63, 3.8) is 0 Å². The molecule has 0 saturated carbocycles. The summed E-state index contributed by atoms with van der Waals surface area (Å²) in [6, 6.07) is 39.8. The molecule has 0 aromatic heterocycles. The molecule has 4 aliphatic rings. The van der Waals surface area contributed by atoms with E-state index >= 15 is 0 Å². The van der Waals surface area contributed by atoms with E-state index in [2.05, 4.69) is 99.9 Å². The van der Waals surface area contributed by atoms with Crippen LogP contribution in [-0.4, -0.2) is 23.9 Å². The van der Waals surface area contributed by atoms with E-state index in [0.717, 1.165) is 34.1 Å². The number of rotatable bonds is 6. The molecule has 0 radical (unpaired) electrons. The Morgan fingerprint density at radius 2 is 0.681 bits per heavy atom. The van der Waals surface area contributed by atoms with Crippen LogP contribution in [0.15, 0.2) is 147 Å². The SMILES string of the molecule is CN1C=CN(c2[c-]c(N3C=CN(C)[CH-]3)ccc2)[CH-]1.[Os+6].[c-]1c(N2C=CN(c3ccccc3)[CH-]2)cccc1N1C=CN(c2ccccc2)[CH-]1. The summed E-state index contributed by atoms with van der Waals surface area (Å²) in [4.78, 5) is 16.5. The number of hydrogen-bond acceptors (Lipinski definition) is 8. The first-order valence-corrected chi connectivity index (χ1v) is 15.0. The zero-order valence-corrected chi connectivity index (χ0v) is 28.6. The maximum atomic E-state index is 3.51. The predicted molar refractivity (Wildman–Crippen MR) is 188 cm³/mol. The molecule has 0 spiro atoms. The van der Waals surface area contributed by atoms with Crippen LogP contribution in [0.1, 0.15) is 0 Å². The quantitative estimate of drug-likeness (QED) is 0.186. The Kier molecular flexibility index (Phi) is 9.85. The Balaban J connectivity index is 0.000000176. The van der Waals surface area contributed by atoms with E-state index in [0.29, 0.717) is 0 Å². The molecule has 4 heterocycles. The van der Waals surface area contributed by atoms with Crippen molar-refractivity contribution in [3.8, 4) is 0 Å². The second-order valence-electron chi connectivity index (χ2n) is 10.9. The van der Waals surface area contributed by atoms with Gasteiger partial charge in [0.15, 0.2) is 0 Å². The monoisotopic (exact) mass is 794 g/mol. The van der Waals surface area contributed by atoms with Gasteiger partial charge >= 0.3 is 19.8 Å². The minimum atomic E-state index is 0. The molecule has 0 fully saturated rings. The van der Waals surface area contributed by atoms with E-state index in [4.69, 9.17) is 0 Å². The third-order valence-corrected chi connectivity index (χ3v) is 7.56. The molecule has 8 rings (SSSR count). The van der Waals surface area contributed by atoms with E-state index in [9.17, 15) is 0 Å². The third-order valence-electron chi connectivity index (χ3n) is 7.56. The van der Waals surface area contributed by atoms with Crippen molar-refractivity contribution in [3.05, 3.63) is 185 Å². The molecule has 0 amide bonds. The summed E-state index contributed by atoms with van der Waals surface area (Å²) in [5, 5.41) is 0. The van der Waals surface area contributed by atoms with Crippen LogP contribution in [-0.2, 0) is 19.8 Å². The molecule has 9 heteroatoms. The molecular weight excluding hydrogens is 759 g/mol. The summed E-state index contributed by atoms with van der Waals surface area (Å²) in [6.45, 7) is 8.16. The van der Waals surface area contributed by atoms with Crippen molar-refractivity contribution < 1.29 is 19.8 Å². The summed E-state index contributed by atoms with van der Waals surface area (Å²) < 4.78 is 0. The first-order chi connectivity index (χ1) is 22.6. The maximum Gasteiger partial charge on any atom is 6.00 e. The van der Waals surface area contributed by atoms with Crippen molar-refractivity contribution in [2.24, 2.45) is 0 Å². The number of benzene rings is 4. The van der Waals surface area contributed by atoms with Crippen molar-refractivity contribution in [2.45, 2.75) is 0 Å². The third kappa shape index (κ3) is 7.48. The average Bonchev–Trinajstić information content (AvgIpc) is 3.94. The van der Waals surface area contributed by atoms with E-state index < -0.39 is 0 Å². The van der Waals surface area contributed by atoms with Crippen molar-refractivity contribution in [1.29, 1.82) is 0 Å². The van der Waals surface area contributed by atoms with E-state index in [-0.39, 0.29) is 19.8 Å². The number of anilines is 6.